The molecule has 0 aromatic heterocycles. The van der Waals surface area contributed by atoms with Gasteiger partial charge in [-0.05, 0) is 35.9 Å². The van der Waals surface area contributed by atoms with E-state index in [4.69, 9.17) is 23.2 Å². The van der Waals surface area contributed by atoms with E-state index in [2.05, 4.69) is 20.7 Å². The van der Waals surface area contributed by atoms with Crippen molar-refractivity contribution in [3.8, 4) is 0 Å². The van der Waals surface area contributed by atoms with E-state index < -0.39 is 10.0 Å². The van der Waals surface area contributed by atoms with Crippen molar-refractivity contribution in [2.45, 2.75) is 11.4 Å². The summed E-state index contributed by atoms with van der Waals surface area (Å²) in [5.74, 6) is 0. The Balaban J connectivity index is 2.15. The molecule has 2 aromatic carbocycles. The average molecular weight is 395 g/mol. The van der Waals surface area contributed by atoms with E-state index in [0.29, 0.717) is 14.5 Å². The Morgan fingerprint density at radius 1 is 1.05 bits per heavy atom. The van der Waals surface area contributed by atoms with Gasteiger partial charge in [-0.2, -0.15) is 0 Å². The molecule has 1 N–H and O–H groups in total. The zero-order valence-electron chi connectivity index (χ0n) is 10.1. The van der Waals surface area contributed by atoms with Crippen LogP contribution in [0.2, 0.25) is 10.0 Å². The molecular formula is C13H10BrCl2NO2S. The van der Waals surface area contributed by atoms with Gasteiger partial charge < -0.3 is 0 Å². The minimum absolute atomic E-state index is 0.145. The Bertz CT molecular complexity index is 735. The SMILES string of the molecule is O=S(=O)(NCc1ccc(Cl)c(Cl)c1)c1cccc(Br)c1. The van der Waals surface area contributed by atoms with Crippen molar-refractivity contribution in [1.29, 1.82) is 0 Å². The summed E-state index contributed by atoms with van der Waals surface area (Å²) in [7, 11) is -3.56. The molecule has 0 aliphatic rings. The second kappa shape index (κ2) is 6.45. The van der Waals surface area contributed by atoms with Gasteiger partial charge in [-0.3, -0.25) is 0 Å². The molecule has 0 spiro atoms. The van der Waals surface area contributed by atoms with Gasteiger partial charge in [0.2, 0.25) is 10.0 Å². The van der Waals surface area contributed by atoms with Crippen molar-refractivity contribution < 1.29 is 8.42 Å². The summed E-state index contributed by atoms with van der Waals surface area (Å²) in [6.07, 6.45) is 0. The van der Waals surface area contributed by atoms with Crippen LogP contribution in [-0.4, -0.2) is 8.42 Å². The van der Waals surface area contributed by atoms with Crippen molar-refractivity contribution in [3.05, 3.63) is 62.5 Å². The summed E-state index contributed by atoms with van der Waals surface area (Å²) in [4.78, 5) is 0.201. The molecule has 0 radical (unpaired) electrons. The third-order valence-electron chi connectivity index (χ3n) is 2.56. The van der Waals surface area contributed by atoms with Gasteiger partial charge in [0.1, 0.15) is 0 Å². The fourth-order valence-corrected chi connectivity index (χ4v) is 3.48. The fourth-order valence-electron chi connectivity index (χ4n) is 1.55. The Morgan fingerprint density at radius 3 is 2.45 bits per heavy atom. The number of nitrogens with one attached hydrogen (secondary N) is 1. The van der Waals surface area contributed by atoms with Crippen molar-refractivity contribution in [3.63, 3.8) is 0 Å². The lowest BCUT2D eigenvalue weighted by molar-refractivity contribution is 0.581. The number of rotatable bonds is 4. The van der Waals surface area contributed by atoms with E-state index >= 15 is 0 Å². The Kier molecular flexibility index (Phi) is 5.09. The number of halogens is 3. The number of hydrogen-bond donors (Lipinski definition) is 1. The lowest BCUT2D eigenvalue weighted by Gasteiger charge is -2.08. The summed E-state index contributed by atoms with van der Waals surface area (Å²) in [5.41, 5.74) is 0.734. The van der Waals surface area contributed by atoms with Crippen LogP contribution < -0.4 is 4.72 Å². The van der Waals surface area contributed by atoms with Crippen LogP contribution in [-0.2, 0) is 16.6 Å². The molecule has 0 fully saturated rings. The highest BCUT2D eigenvalue weighted by molar-refractivity contribution is 9.10. The van der Waals surface area contributed by atoms with Crippen LogP contribution >= 0.6 is 39.1 Å². The monoisotopic (exact) mass is 393 g/mol. The van der Waals surface area contributed by atoms with E-state index in [9.17, 15) is 8.42 Å². The Hall–Kier alpha value is -0.590. The van der Waals surface area contributed by atoms with Crippen molar-refractivity contribution in [1.82, 2.24) is 4.72 Å². The molecule has 0 amide bonds. The highest BCUT2D eigenvalue weighted by atomic mass is 79.9. The van der Waals surface area contributed by atoms with Crippen LogP contribution in [0.5, 0.6) is 0 Å². The van der Waals surface area contributed by atoms with E-state index in [-0.39, 0.29) is 11.4 Å². The molecule has 0 heterocycles. The molecule has 20 heavy (non-hydrogen) atoms. The molecule has 0 unspecified atom stereocenters. The van der Waals surface area contributed by atoms with E-state index in [1.165, 1.54) is 12.1 Å². The minimum atomic E-state index is -3.56. The van der Waals surface area contributed by atoms with Gasteiger partial charge in [-0.25, -0.2) is 13.1 Å². The molecule has 3 nitrogen and oxygen atoms in total. The molecule has 7 heteroatoms. The van der Waals surface area contributed by atoms with E-state index in [1.54, 1.807) is 30.3 Å². The second-order valence-corrected chi connectivity index (χ2v) is 7.53. The first-order valence-electron chi connectivity index (χ1n) is 5.58. The van der Waals surface area contributed by atoms with E-state index in [0.717, 1.165) is 5.56 Å². The zero-order chi connectivity index (χ0) is 14.8. The van der Waals surface area contributed by atoms with Crippen molar-refractivity contribution in [2.75, 3.05) is 0 Å². The molecule has 0 atom stereocenters. The van der Waals surface area contributed by atoms with Gasteiger partial charge in [0, 0.05) is 11.0 Å². The van der Waals surface area contributed by atoms with Crippen LogP contribution in [0, 0.1) is 0 Å². The molecule has 0 bridgehead atoms. The maximum atomic E-state index is 12.1. The number of benzene rings is 2. The Morgan fingerprint density at radius 2 is 1.80 bits per heavy atom. The predicted molar refractivity (Wildman–Crippen MR) is 84.6 cm³/mol. The largest absolute Gasteiger partial charge is 0.240 e. The maximum absolute atomic E-state index is 12.1. The van der Waals surface area contributed by atoms with Gasteiger partial charge in [0.05, 0.1) is 14.9 Å². The van der Waals surface area contributed by atoms with Crippen LogP contribution in [0.1, 0.15) is 5.56 Å². The molecule has 2 rings (SSSR count). The molecule has 106 valence electrons. The fraction of sp³-hybridized carbons (Fsp3) is 0.0769. The third-order valence-corrected chi connectivity index (χ3v) is 5.19. The van der Waals surface area contributed by atoms with Crippen LogP contribution in [0.15, 0.2) is 51.8 Å². The van der Waals surface area contributed by atoms with Crippen molar-refractivity contribution >= 4 is 49.2 Å². The molecule has 0 saturated heterocycles. The van der Waals surface area contributed by atoms with Crippen LogP contribution in [0.3, 0.4) is 0 Å². The quantitative estimate of drug-likeness (QED) is 0.843. The molecule has 0 saturated carbocycles. The zero-order valence-corrected chi connectivity index (χ0v) is 14.0. The van der Waals surface area contributed by atoms with Gasteiger partial charge in [0.15, 0.2) is 0 Å². The highest BCUT2D eigenvalue weighted by Gasteiger charge is 2.14. The lowest BCUT2D eigenvalue weighted by atomic mass is 10.2. The van der Waals surface area contributed by atoms with Gasteiger partial charge in [-0.1, -0.05) is 51.3 Å². The van der Waals surface area contributed by atoms with Crippen molar-refractivity contribution in [2.24, 2.45) is 0 Å². The topological polar surface area (TPSA) is 46.2 Å². The van der Waals surface area contributed by atoms with Gasteiger partial charge >= 0.3 is 0 Å². The smallest absolute Gasteiger partial charge is 0.207 e. The predicted octanol–water partition coefficient (Wildman–Crippen LogP) is 4.23. The first kappa shape index (κ1) is 15.8. The number of sulfonamides is 1. The first-order chi connectivity index (χ1) is 9.38. The maximum Gasteiger partial charge on any atom is 0.240 e. The normalized spacial score (nSPS) is 11.6. The lowest BCUT2D eigenvalue weighted by Crippen LogP contribution is -2.23. The summed E-state index contributed by atoms with van der Waals surface area (Å²) >= 11 is 14.9. The molecule has 2 aromatic rings. The van der Waals surface area contributed by atoms with Crippen LogP contribution in [0.4, 0.5) is 0 Å². The summed E-state index contributed by atoms with van der Waals surface area (Å²) in [6, 6.07) is 11.5. The summed E-state index contributed by atoms with van der Waals surface area (Å²) in [6.45, 7) is 0.145. The summed E-state index contributed by atoms with van der Waals surface area (Å²) in [5, 5.41) is 0.830. The van der Waals surface area contributed by atoms with Gasteiger partial charge in [-0.15, -0.1) is 0 Å². The highest BCUT2D eigenvalue weighted by Crippen LogP contribution is 2.23. The Labute approximate surface area is 136 Å². The second-order valence-electron chi connectivity index (χ2n) is 4.03. The first-order valence-corrected chi connectivity index (χ1v) is 8.61. The third kappa shape index (κ3) is 3.96. The minimum Gasteiger partial charge on any atom is -0.207 e. The van der Waals surface area contributed by atoms with E-state index in [1.807, 2.05) is 0 Å². The number of hydrogen-bond acceptors (Lipinski definition) is 2. The molecule has 0 aliphatic carbocycles. The molecule has 0 aliphatic heterocycles. The van der Waals surface area contributed by atoms with Gasteiger partial charge in [0.25, 0.3) is 0 Å². The standard InChI is InChI=1S/C13H10BrCl2NO2S/c14-10-2-1-3-11(7-10)20(18,19)17-8-9-4-5-12(15)13(16)6-9/h1-7,17H,8H2. The summed E-state index contributed by atoms with van der Waals surface area (Å²) < 4.78 is 27.5. The van der Waals surface area contributed by atoms with Crippen LogP contribution in [0.25, 0.3) is 0 Å². The average Bonchev–Trinajstić information content (AvgIpc) is 2.40. The molecular weight excluding hydrogens is 385 g/mol.